The lowest BCUT2D eigenvalue weighted by molar-refractivity contribution is -0.119. The van der Waals surface area contributed by atoms with Gasteiger partial charge in [0, 0.05) is 7.05 Å². The molecular formula is C18H23N3O3. The van der Waals surface area contributed by atoms with Crippen molar-refractivity contribution in [1.29, 1.82) is 0 Å². The van der Waals surface area contributed by atoms with Crippen LogP contribution in [0.1, 0.15) is 23.2 Å². The molecule has 0 fully saturated rings. The average Bonchev–Trinajstić information content (AvgIpc) is 2.62. The van der Waals surface area contributed by atoms with E-state index in [0.717, 1.165) is 23.6 Å². The van der Waals surface area contributed by atoms with Gasteiger partial charge >= 0.3 is 0 Å². The van der Waals surface area contributed by atoms with Crippen LogP contribution in [-0.4, -0.2) is 38.6 Å². The van der Waals surface area contributed by atoms with Crippen LogP contribution >= 0.6 is 0 Å². The molecular weight excluding hydrogens is 306 g/mol. The second-order valence-corrected chi connectivity index (χ2v) is 5.40. The molecule has 0 aliphatic heterocycles. The maximum Gasteiger partial charge on any atom is 0.255 e. The number of unbranched alkanes of at least 4 members (excludes halogenated alkanes) is 1. The van der Waals surface area contributed by atoms with Crippen LogP contribution in [0.15, 0.2) is 36.4 Å². The highest BCUT2D eigenvalue weighted by Crippen LogP contribution is 2.26. The second-order valence-electron chi connectivity index (χ2n) is 5.40. The van der Waals surface area contributed by atoms with Gasteiger partial charge in [-0.2, -0.15) is 0 Å². The minimum Gasteiger partial charge on any atom is -0.493 e. The Hall–Kier alpha value is -2.60. The van der Waals surface area contributed by atoms with Gasteiger partial charge in [-0.3, -0.25) is 9.59 Å². The van der Waals surface area contributed by atoms with Crippen LogP contribution in [0, 0.1) is 0 Å². The van der Waals surface area contributed by atoms with E-state index in [2.05, 4.69) is 10.6 Å². The number of rotatable bonds is 8. The van der Waals surface area contributed by atoms with Gasteiger partial charge < -0.3 is 21.1 Å². The summed E-state index contributed by atoms with van der Waals surface area (Å²) in [7, 11) is 1.52. The fourth-order valence-corrected chi connectivity index (χ4v) is 2.29. The van der Waals surface area contributed by atoms with E-state index in [-0.39, 0.29) is 18.4 Å². The maximum atomic E-state index is 12.4. The third kappa shape index (κ3) is 4.70. The summed E-state index contributed by atoms with van der Waals surface area (Å²) in [6.07, 6.45) is 1.69. The molecule has 0 aromatic heterocycles. The monoisotopic (exact) mass is 329 g/mol. The highest BCUT2D eigenvalue weighted by atomic mass is 16.5. The van der Waals surface area contributed by atoms with Gasteiger partial charge in [0.1, 0.15) is 5.75 Å². The average molecular weight is 329 g/mol. The van der Waals surface area contributed by atoms with E-state index in [1.165, 1.54) is 7.05 Å². The van der Waals surface area contributed by atoms with E-state index in [9.17, 15) is 9.59 Å². The summed E-state index contributed by atoms with van der Waals surface area (Å²) in [5.74, 6) is -0.0761. The molecule has 0 spiro atoms. The fourth-order valence-electron chi connectivity index (χ4n) is 2.29. The van der Waals surface area contributed by atoms with E-state index >= 15 is 0 Å². The van der Waals surface area contributed by atoms with Crippen molar-refractivity contribution >= 4 is 22.6 Å². The van der Waals surface area contributed by atoms with Gasteiger partial charge in [0.2, 0.25) is 5.91 Å². The molecule has 128 valence electrons. The van der Waals surface area contributed by atoms with E-state index in [1.807, 2.05) is 30.3 Å². The molecule has 0 atom stereocenters. The van der Waals surface area contributed by atoms with Crippen LogP contribution in [0.4, 0.5) is 0 Å². The van der Waals surface area contributed by atoms with Crippen LogP contribution in [0.3, 0.4) is 0 Å². The predicted molar refractivity (Wildman–Crippen MR) is 94.1 cm³/mol. The topological polar surface area (TPSA) is 93.5 Å². The maximum absolute atomic E-state index is 12.4. The van der Waals surface area contributed by atoms with Crippen molar-refractivity contribution in [2.75, 3.05) is 26.7 Å². The van der Waals surface area contributed by atoms with Crippen LogP contribution in [0.5, 0.6) is 5.75 Å². The lowest BCUT2D eigenvalue weighted by Crippen LogP contribution is -2.35. The number of likely N-dealkylation sites (N-methyl/N-ethyl adjacent to an activating group) is 1. The summed E-state index contributed by atoms with van der Waals surface area (Å²) < 4.78 is 5.78. The highest BCUT2D eigenvalue weighted by Gasteiger charge is 2.15. The molecule has 0 saturated carbocycles. The first-order valence-corrected chi connectivity index (χ1v) is 8.00. The quantitative estimate of drug-likeness (QED) is 0.639. The summed E-state index contributed by atoms with van der Waals surface area (Å²) in [5.41, 5.74) is 5.91. The number of benzene rings is 2. The highest BCUT2D eigenvalue weighted by molar-refractivity contribution is 6.02. The molecule has 0 aliphatic carbocycles. The standard InChI is InChI=1S/C18H23N3O3/c1-20-17(22)12-21-18(23)15-10-13-6-2-3-7-14(13)11-16(15)24-9-5-4-8-19/h2-3,6-7,10-11H,4-5,8-9,12,19H2,1H3,(H,20,22)(H,21,23). The summed E-state index contributed by atoms with van der Waals surface area (Å²) in [4.78, 5) is 23.7. The largest absolute Gasteiger partial charge is 0.493 e. The molecule has 0 saturated heterocycles. The van der Waals surface area contributed by atoms with Crippen molar-refractivity contribution in [2.24, 2.45) is 5.73 Å². The van der Waals surface area contributed by atoms with E-state index in [4.69, 9.17) is 10.5 Å². The number of hydrogen-bond donors (Lipinski definition) is 3. The Balaban J connectivity index is 2.23. The minimum absolute atomic E-state index is 0.0746. The van der Waals surface area contributed by atoms with Gasteiger partial charge in [-0.1, -0.05) is 24.3 Å². The van der Waals surface area contributed by atoms with Gasteiger partial charge in [-0.05, 0) is 42.3 Å². The third-order valence-electron chi connectivity index (χ3n) is 3.64. The smallest absolute Gasteiger partial charge is 0.255 e. The second kappa shape index (κ2) is 8.88. The number of nitrogens with two attached hydrogens (primary N) is 1. The van der Waals surface area contributed by atoms with Crippen molar-refractivity contribution < 1.29 is 14.3 Å². The lowest BCUT2D eigenvalue weighted by atomic mass is 10.1. The Morgan fingerprint density at radius 2 is 1.83 bits per heavy atom. The first kappa shape index (κ1) is 17.7. The molecule has 6 nitrogen and oxygen atoms in total. The molecule has 0 heterocycles. The number of amides is 2. The minimum atomic E-state index is -0.335. The van der Waals surface area contributed by atoms with Crippen molar-refractivity contribution in [3.05, 3.63) is 42.0 Å². The SMILES string of the molecule is CNC(=O)CNC(=O)c1cc2ccccc2cc1OCCCCN. The summed E-state index contributed by atoms with van der Waals surface area (Å²) >= 11 is 0. The third-order valence-corrected chi connectivity index (χ3v) is 3.64. The van der Waals surface area contributed by atoms with Crippen molar-refractivity contribution in [2.45, 2.75) is 12.8 Å². The molecule has 6 heteroatoms. The zero-order valence-corrected chi connectivity index (χ0v) is 13.8. The van der Waals surface area contributed by atoms with Crippen LogP contribution in [0.25, 0.3) is 10.8 Å². The summed E-state index contributed by atoms with van der Waals surface area (Å²) in [6.45, 7) is 1.03. The predicted octanol–water partition coefficient (Wildman–Crippen LogP) is 1.43. The number of carbonyl (C=O) groups is 2. The molecule has 0 unspecified atom stereocenters. The summed E-state index contributed by atoms with van der Waals surface area (Å²) in [5, 5.41) is 7.01. The zero-order valence-electron chi connectivity index (χ0n) is 13.8. The zero-order chi connectivity index (χ0) is 17.4. The normalized spacial score (nSPS) is 10.4. The van der Waals surface area contributed by atoms with Crippen molar-refractivity contribution in [1.82, 2.24) is 10.6 Å². The van der Waals surface area contributed by atoms with E-state index in [1.54, 1.807) is 6.07 Å². The molecule has 2 aromatic carbocycles. The van der Waals surface area contributed by atoms with Gasteiger partial charge in [-0.25, -0.2) is 0 Å². The molecule has 24 heavy (non-hydrogen) atoms. The Labute approximate surface area is 141 Å². The van der Waals surface area contributed by atoms with Crippen LogP contribution < -0.4 is 21.1 Å². The first-order chi connectivity index (χ1) is 11.7. The van der Waals surface area contributed by atoms with Gasteiger partial charge in [0.15, 0.2) is 0 Å². The number of carbonyl (C=O) groups excluding carboxylic acids is 2. The van der Waals surface area contributed by atoms with Crippen LogP contribution in [-0.2, 0) is 4.79 Å². The Bertz CT molecular complexity index is 716. The van der Waals surface area contributed by atoms with Crippen molar-refractivity contribution in [3.63, 3.8) is 0 Å². The Morgan fingerprint density at radius 1 is 1.12 bits per heavy atom. The molecule has 4 N–H and O–H groups in total. The van der Waals surface area contributed by atoms with Gasteiger partial charge in [0.05, 0.1) is 18.7 Å². The van der Waals surface area contributed by atoms with Gasteiger partial charge in [0.25, 0.3) is 5.91 Å². The molecule has 0 radical (unpaired) electrons. The molecule has 0 bridgehead atoms. The van der Waals surface area contributed by atoms with Gasteiger partial charge in [-0.15, -0.1) is 0 Å². The van der Waals surface area contributed by atoms with E-state index < -0.39 is 0 Å². The fraction of sp³-hybridized carbons (Fsp3) is 0.333. The lowest BCUT2D eigenvalue weighted by Gasteiger charge is -2.13. The molecule has 0 aliphatic rings. The number of hydrogen-bond acceptors (Lipinski definition) is 4. The van der Waals surface area contributed by atoms with Crippen LogP contribution in [0.2, 0.25) is 0 Å². The number of fused-ring (bicyclic) bond motifs is 1. The molecule has 2 aromatic rings. The summed E-state index contributed by atoms with van der Waals surface area (Å²) in [6, 6.07) is 11.4. The first-order valence-electron chi connectivity index (χ1n) is 8.00. The molecule has 2 rings (SSSR count). The number of ether oxygens (including phenoxy) is 1. The van der Waals surface area contributed by atoms with Crippen molar-refractivity contribution in [3.8, 4) is 5.75 Å². The Kier molecular flexibility index (Phi) is 6.57. The molecule has 2 amide bonds. The number of nitrogens with one attached hydrogen (secondary N) is 2. The van der Waals surface area contributed by atoms with E-state index in [0.29, 0.717) is 24.5 Å². The Morgan fingerprint density at radius 3 is 2.50 bits per heavy atom.